The molecule has 1 aliphatic heterocycles. The highest BCUT2D eigenvalue weighted by molar-refractivity contribution is 6.01. The minimum Gasteiger partial charge on any atom is -0.490 e. The van der Waals surface area contributed by atoms with Crippen molar-refractivity contribution in [1.29, 1.82) is 0 Å². The Labute approximate surface area is 182 Å². The molecule has 0 atom stereocenters. The molecule has 1 N–H and O–H groups in total. The summed E-state index contributed by atoms with van der Waals surface area (Å²) in [5.41, 5.74) is 1.54. The van der Waals surface area contributed by atoms with Crippen molar-refractivity contribution >= 4 is 23.3 Å². The Kier molecular flexibility index (Phi) is 7.65. The molecular formula is C24H28N2O5. The van der Waals surface area contributed by atoms with Crippen LogP contribution in [0.3, 0.4) is 0 Å². The summed E-state index contributed by atoms with van der Waals surface area (Å²) < 4.78 is 11.2. The predicted octanol–water partition coefficient (Wildman–Crippen LogP) is 3.93. The Balaban J connectivity index is 1.57. The van der Waals surface area contributed by atoms with Gasteiger partial charge in [0.05, 0.1) is 13.2 Å². The molecule has 0 aliphatic carbocycles. The maximum Gasteiger partial charge on any atom is 0.253 e. The zero-order chi connectivity index (χ0) is 22.2. The summed E-state index contributed by atoms with van der Waals surface area (Å²) in [6, 6.07) is 11.9. The number of Topliss-reactive ketones (excluding diaryl/α,β-unsaturated/α-hetero) is 1. The van der Waals surface area contributed by atoms with E-state index in [0.717, 1.165) is 6.42 Å². The monoisotopic (exact) mass is 424 g/mol. The van der Waals surface area contributed by atoms with Crippen LogP contribution in [-0.2, 0) is 4.79 Å². The Morgan fingerprint density at radius 3 is 2.39 bits per heavy atom. The third-order valence-corrected chi connectivity index (χ3v) is 5.09. The summed E-state index contributed by atoms with van der Waals surface area (Å²) in [5, 5.41) is 2.77. The molecule has 7 heteroatoms. The first-order chi connectivity index (χ1) is 15.0. The first kappa shape index (κ1) is 22.3. The Morgan fingerprint density at radius 2 is 1.65 bits per heavy atom. The summed E-state index contributed by atoms with van der Waals surface area (Å²) in [5.74, 6) is 0.686. The van der Waals surface area contributed by atoms with E-state index in [1.54, 1.807) is 47.4 Å². The topological polar surface area (TPSA) is 84.9 Å². The molecule has 0 spiro atoms. The quantitative estimate of drug-likeness (QED) is 0.649. The van der Waals surface area contributed by atoms with Gasteiger partial charge >= 0.3 is 0 Å². The van der Waals surface area contributed by atoms with Gasteiger partial charge in [0.1, 0.15) is 0 Å². The number of carbonyl (C=O) groups excluding carboxylic acids is 3. The average Bonchev–Trinajstić information content (AvgIpc) is 3.03. The van der Waals surface area contributed by atoms with Crippen molar-refractivity contribution in [2.24, 2.45) is 0 Å². The second-order valence-corrected chi connectivity index (χ2v) is 7.24. The van der Waals surface area contributed by atoms with Gasteiger partial charge in [-0.25, -0.2) is 0 Å². The van der Waals surface area contributed by atoms with Gasteiger partial charge in [-0.05, 0) is 50.2 Å². The Bertz CT molecular complexity index is 953. The molecule has 0 bridgehead atoms. The molecule has 2 aromatic rings. The molecule has 0 unspecified atom stereocenters. The molecule has 0 radical (unpaired) electrons. The number of hydrogen-bond acceptors (Lipinski definition) is 5. The molecule has 164 valence electrons. The van der Waals surface area contributed by atoms with Gasteiger partial charge < -0.3 is 19.7 Å². The van der Waals surface area contributed by atoms with Crippen LogP contribution in [0.5, 0.6) is 11.5 Å². The van der Waals surface area contributed by atoms with E-state index < -0.39 is 0 Å². The molecule has 3 rings (SSSR count). The van der Waals surface area contributed by atoms with Gasteiger partial charge in [0, 0.05) is 49.2 Å². The fourth-order valence-electron chi connectivity index (χ4n) is 3.35. The van der Waals surface area contributed by atoms with Crippen molar-refractivity contribution in [3.05, 3.63) is 53.6 Å². The van der Waals surface area contributed by atoms with Crippen molar-refractivity contribution < 1.29 is 23.9 Å². The summed E-state index contributed by atoms with van der Waals surface area (Å²) in [6.45, 7) is 6.22. The van der Waals surface area contributed by atoms with E-state index in [9.17, 15) is 14.4 Å². The van der Waals surface area contributed by atoms with E-state index in [1.807, 2.05) is 13.8 Å². The van der Waals surface area contributed by atoms with Crippen molar-refractivity contribution in [3.63, 3.8) is 0 Å². The Morgan fingerprint density at radius 1 is 0.903 bits per heavy atom. The van der Waals surface area contributed by atoms with Gasteiger partial charge in [-0.2, -0.15) is 0 Å². The number of nitrogens with one attached hydrogen (secondary N) is 1. The second kappa shape index (κ2) is 10.6. The number of carbonyl (C=O) groups is 3. The maximum atomic E-state index is 12.5. The molecule has 0 saturated heterocycles. The fourth-order valence-corrected chi connectivity index (χ4v) is 3.35. The van der Waals surface area contributed by atoms with Crippen LogP contribution in [0.4, 0.5) is 5.69 Å². The summed E-state index contributed by atoms with van der Waals surface area (Å²) in [6.07, 6.45) is 0.908. The minimum absolute atomic E-state index is 0.0431. The average molecular weight is 424 g/mol. The maximum absolute atomic E-state index is 12.5. The lowest BCUT2D eigenvalue weighted by atomic mass is 10.1. The van der Waals surface area contributed by atoms with E-state index in [2.05, 4.69) is 5.32 Å². The number of amides is 2. The molecule has 0 saturated carbocycles. The molecule has 1 heterocycles. The van der Waals surface area contributed by atoms with Crippen LogP contribution in [0.15, 0.2) is 42.5 Å². The molecule has 31 heavy (non-hydrogen) atoms. The number of nitrogens with zero attached hydrogens (tertiary/aromatic N) is 1. The zero-order valence-electron chi connectivity index (χ0n) is 18.0. The molecule has 0 aromatic heterocycles. The number of fused-ring (bicyclic) bond motifs is 1. The first-order valence-electron chi connectivity index (χ1n) is 10.6. The number of benzene rings is 2. The van der Waals surface area contributed by atoms with E-state index in [4.69, 9.17) is 9.47 Å². The van der Waals surface area contributed by atoms with Crippen LogP contribution in [0, 0.1) is 0 Å². The largest absolute Gasteiger partial charge is 0.490 e. The predicted molar refractivity (Wildman–Crippen MR) is 118 cm³/mol. The van der Waals surface area contributed by atoms with Gasteiger partial charge in [0.25, 0.3) is 5.91 Å². The van der Waals surface area contributed by atoms with Crippen LogP contribution < -0.4 is 14.8 Å². The normalized spacial score (nSPS) is 12.6. The lowest BCUT2D eigenvalue weighted by Gasteiger charge is -2.19. The number of rotatable bonds is 8. The molecule has 2 aromatic carbocycles. The van der Waals surface area contributed by atoms with Crippen LogP contribution in [0.2, 0.25) is 0 Å². The van der Waals surface area contributed by atoms with Crippen molar-refractivity contribution in [2.45, 2.75) is 33.1 Å². The van der Waals surface area contributed by atoms with Gasteiger partial charge in [-0.1, -0.05) is 6.07 Å². The highest BCUT2D eigenvalue weighted by Crippen LogP contribution is 2.30. The number of ketones is 1. The highest BCUT2D eigenvalue weighted by Gasteiger charge is 2.16. The summed E-state index contributed by atoms with van der Waals surface area (Å²) in [7, 11) is 0. The first-order valence-corrected chi connectivity index (χ1v) is 10.6. The van der Waals surface area contributed by atoms with Crippen LogP contribution in [0.1, 0.15) is 53.8 Å². The highest BCUT2D eigenvalue weighted by atomic mass is 16.5. The summed E-state index contributed by atoms with van der Waals surface area (Å²) in [4.78, 5) is 39.1. The molecule has 2 amide bonds. The van der Waals surface area contributed by atoms with E-state index in [1.165, 1.54) is 0 Å². The second-order valence-electron chi connectivity index (χ2n) is 7.24. The fraction of sp³-hybridized carbons (Fsp3) is 0.375. The number of anilines is 1. The summed E-state index contributed by atoms with van der Waals surface area (Å²) >= 11 is 0. The molecular weight excluding hydrogens is 396 g/mol. The van der Waals surface area contributed by atoms with E-state index >= 15 is 0 Å². The van der Waals surface area contributed by atoms with Crippen molar-refractivity contribution in [3.8, 4) is 11.5 Å². The van der Waals surface area contributed by atoms with Gasteiger partial charge in [-0.15, -0.1) is 0 Å². The van der Waals surface area contributed by atoms with Gasteiger partial charge in [0.15, 0.2) is 17.3 Å². The lowest BCUT2D eigenvalue weighted by molar-refractivity contribution is -0.116. The van der Waals surface area contributed by atoms with Gasteiger partial charge in [-0.3, -0.25) is 14.4 Å². The third-order valence-electron chi connectivity index (χ3n) is 5.09. The minimum atomic E-state index is -0.282. The molecule has 0 fully saturated rings. The van der Waals surface area contributed by atoms with Gasteiger partial charge in [0.2, 0.25) is 5.91 Å². The number of hydrogen-bond donors (Lipinski definition) is 1. The van der Waals surface area contributed by atoms with Crippen LogP contribution >= 0.6 is 0 Å². The van der Waals surface area contributed by atoms with Crippen LogP contribution in [0.25, 0.3) is 0 Å². The standard InChI is InChI=1S/C24H28N2O5/c1-3-26(4-2)24(29)18-7-5-8-19(15-18)25-23(28)12-10-20(27)17-9-11-21-22(16-17)31-14-6-13-30-21/h5,7-9,11,15-16H,3-4,6,10,12-14H2,1-2H3,(H,25,28). The smallest absolute Gasteiger partial charge is 0.253 e. The molecule has 1 aliphatic rings. The molecule has 7 nitrogen and oxygen atoms in total. The lowest BCUT2D eigenvalue weighted by Crippen LogP contribution is -2.30. The van der Waals surface area contributed by atoms with Crippen molar-refractivity contribution in [2.75, 3.05) is 31.6 Å². The number of ether oxygens (including phenoxy) is 2. The Hall–Kier alpha value is -3.35. The third kappa shape index (κ3) is 5.84. The van der Waals surface area contributed by atoms with E-state index in [-0.39, 0.29) is 30.4 Å². The van der Waals surface area contributed by atoms with Crippen molar-refractivity contribution in [1.82, 2.24) is 4.90 Å². The van der Waals surface area contributed by atoms with E-state index in [0.29, 0.717) is 54.6 Å². The zero-order valence-corrected chi connectivity index (χ0v) is 18.0. The SMILES string of the molecule is CCN(CC)C(=O)c1cccc(NC(=O)CCC(=O)c2ccc3c(c2)OCCCO3)c1. The van der Waals surface area contributed by atoms with Crippen LogP contribution in [-0.4, -0.2) is 48.8 Å².